The molecule has 21 heavy (non-hydrogen) atoms. The number of fused-ring (bicyclic) bond motifs is 1. The summed E-state index contributed by atoms with van der Waals surface area (Å²) >= 11 is 0. The molecule has 0 aliphatic carbocycles. The van der Waals surface area contributed by atoms with Crippen molar-refractivity contribution in [3.63, 3.8) is 0 Å². The summed E-state index contributed by atoms with van der Waals surface area (Å²) in [5, 5.41) is 3.00. The third kappa shape index (κ3) is 3.28. The van der Waals surface area contributed by atoms with Crippen molar-refractivity contribution >= 4 is 11.6 Å². The summed E-state index contributed by atoms with van der Waals surface area (Å²) in [5.74, 6) is 1.51. The van der Waals surface area contributed by atoms with Crippen molar-refractivity contribution in [1.29, 1.82) is 0 Å². The summed E-state index contributed by atoms with van der Waals surface area (Å²) in [4.78, 5) is 15.1. The maximum absolute atomic E-state index is 12.2. The Morgan fingerprint density at radius 2 is 1.86 bits per heavy atom. The standard InChI is InChI=1S/C15H21N3O3/c1-11-7-13-14(21-10-20-13)8-12(11)16-15(19)9-18-5-3-17(2)4-6-18/h7-8H,3-6,9-10H2,1-2H3,(H,16,19)/p+2. The number of likely N-dealkylation sites (N-methyl/N-ethyl adjacent to an activating group) is 1. The highest BCUT2D eigenvalue weighted by Crippen LogP contribution is 2.36. The lowest BCUT2D eigenvalue weighted by Crippen LogP contribution is -3.27. The van der Waals surface area contributed by atoms with Gasteiger partial charge in [0.1, 0.15) is 26.2 Å². The molecule has 2 aliphatic heterocycles. The van der Waals surface area contributed by atoms with Crippen LogP contribution >= 0.6 is 0 Å². The zero-order valence-electron chi connectivity index (χ0n) is 12.6. The smallest absolute Gasteiger partial charge is 0.279 e. The fourth-order valence-corrected chi connectivity index (χ4v) is 2.81. The topological polar surface area (TPSA) is 56.4 Å². The van der Waals surface area contributed by atoms with E-state index >= 15 is 0 Å². The molecule has 0 atom stereocenters. The van der Waals surface area contributed by atoms with Gasteiger partial charge in [-0.05, 0) is 18.6 Å². The van der Waals surface area contributed by atoms with Gasteiger partial charge in [-0.25, -0.2) is 0 Å². The summed E-state index contributed by atoms with van der Waals surface area (Å²) < 4.78 is 10.7. The molecule has 0 bridgehead atoms. The Balaban J connectivity index is 1.60. The molecule has 3 rings (SSSR count). The molecule has 1 aromatic rings. The minimum atomic E-state index is 0.0616. The van der Waals surface area contributed by atoms with E-state index in [-0.39, 0.29) is 12.7 Å². The average Bonchev–Trinajstić information content (AvgIpc) is 2.89. The predicted molar refractivity (Wildman–Crippen MR) is 78.1 cm³/mol. The molecular weight excluding hydrogens is 270 g/mol. The minimum absolute atomic E-state index is 0.0616. The van der Waals surface area contributed by atoms with Crippen LogP contribution in [0.25, 0.3) is 0 Å². The van der Waals surface area contributed by atoms with Crippen LogP contribution in [0.5, 0.6) is 11.5 Å². The molecule has 114 valence electrons. The lowest BCUT2D eigenvalue weighted by Gasteiger charge is -2.26. The van der Waals surface area contributed by atoms with E-state index in [4.69, 9.17) is 9.47 Å². The van der Waals surface area contributed by atoms with E-state index in [0.717, 1.165) is 43.2 Å². The first-order valence-corrected chi connectivity index (χ1v) is 7.47. The van der Waals surface area contributed by atoms with Gasteiger partial charge in [0.15, 0.2) is 18.0 Å². The molecule has 2 heterocycles. The number of piperazine rings is 1. The van der Waals surface area contributed by atoms with Gasteiger partial charge in [-0.3, -0.25) is 4.79 Å². The number of quaternary nitrogens is 2. The fourth-order valence-electron chi connectivity index (χ4n) is 2.81. The fraction of sp³-hybridized carbons (Fsp3) is 0.533. The second-order valence-electron chi connectivity index (χ2n) is 5.95. The second-order valence-corrected chi connectivity index (χ2v) is 5.95. The number of carbonyl (C=O) groups excluding carboxylic acids is 1. The van der Waals surface area contributed by atoms with Crippen LogP contribution in [-0.4, -0.2) is 52.5 Å². The Morgan fingerprint density at radius 3 is 2.57 bits per heavy atom. The summed E-state index contributed by atoms with van der Waals surface area (Å²) in [5.41, 5.74) is 1.80. The van der Waals surface area contributed by atoms with E-state index in [2.05, 4.69) is 12.4 Å². The summed E-state index contributed by atoms with van der Waals surface area (Å²) in [6, 6.07) is 3.75. The Bertz CT molecular complexity index is 539. The van der Waals surface area contributed by atoms with Crippen LogP contribution in [0.2, 0.25) is 0 Å². The molecule has 1 fully saturated rings. The zero-order chi connectivity index (χ0) is 14.8. The van der Waals surface area contributed by atoms with Gasteiger partial charge >= 0.3 is 0 Å². The Hall–Kier alpha value is -1.79. The SMILES string of the molecule is Cc1cc2c(cc1NC(=O)C[NH+]1CC[NH+](C)CC1)OCO2. The van der Waals surface area contributed by atoms with Crippen LogP contribution in [0.1, 0.15) is 5.56 Å². The first-order valence-electron chi connectivity index (χ1n) is 7.47. The molecular formula is C15H23N3O3+2. The summed E-state index contributed by atoms with van der Waals surface area (Å²) in [7, 11) is 2.20. The summed E-state index contributed by atoms with van der Waals surface area (Å²) in [6.45, 7) is 7.11. The van der Waals surface area contributed by atoms with E-state index in [1.165, 1.54) is 4.90 Å². The van der Waals surface area contributed by atoms with Gasteiger partial charge in [0.05, 0.1) is 7.05 Å². The van der Waals surface area contributed by atoms with E-state index in [1.54, 1.807) is 4.90 Å². The van der Waals surface area contributed by atoms with Crippen LogP contribution < -0.4 is 24.6 Å². The Kier molecular flexibility index (Phi) is 3.98. The number of amides is 1. The van der Waals surface area contributed by atoms with E-state index in [9.17, 15) is 4.79 Å². The minimum Gasteiger partial charge on any atom is -0.454 e. The lowest BCUT2D eigenvalue weighted by molar-refractivity contribution is -0.999. The molecule has 0 unspecified atom stereocenters. The van der Waals surface area contributed by atoms with Crippen molar-refractivity contribution in [2.24, 2.45) is 0 Å². The number of carbonyl (C=O) groups is 1. The summed E-state index contributed by atoms with van der Waals surface area (Å²) in [6.07, 6.45) is 0. The highest BCUT2D eigenvalue weighted by Gasteiger charge is 2.23. The molecule has 6 nitrogen and oxygen atoms in total. The van der Waals surface area contributed by atoms with Crippen molar-refractivity contribution in [1.82, 2.24) is 0 Å². The lowest BCUT2D eigenvalue weighted by atomic mass is 10.1. The maximum atomic E-state index is 12.2. The van der Waals surface area contributed by atoms with Gasteiger partial charge in [-0.1, -0.05) is 0 Å². The molecule has 0 spiro atoms. The monoisotopic (exact) mass is 293 g/mol. The van der Waals surface area contributed by atoms with E-state index in [1.807, 2.05) is 19.1 Å². The van der Waals surface area contributed by atoms with Gasteiger partial charge in [-0.15, -0.1) is 0 Å². The van der Waals surface area contributed by atoms with Crippen LogP contribution in [0.4, 0.5) is 5.69 Å². The van der Waals surface area contributed by atoms with Crippen molar-refractivity contribution < 1.29 is 24.1 Å². The molecule has 6 heteroatoms. The van der Waals surface area contributed by atoms with Crippen molar-refractivity contribution in [3.05, 3.63) is 17.7 Å². The predicted octanol–water partition coefficient (Wildman–Crippen LogP) is -1.92. The number of aryl methyl sites for hydroxylation is 1. The van der Waals surface area contributed by atoms with Gasteiger partial charge in [-0.2, -0.15) is 0 Å². The Morgan fingerprint density at radius 1 is 1.19 bits per heavy atom. The maximum Gasteiger partial charge on any atom is 0.279 e. The zero-order valence-corrected chi connectivity index (χ0v) is 12.6. The number of hydrogen-bond acceptors (Lipinski definition) is 3. The molecule has 1 aromatic carbocycles. The van der Waals surface area contributed by atoms with Gasteiger partial charge in [0.25, 0.3) is 5.91 Å². The molecule has 2 aliphatic rings. The Labute approximate surface area is 124 Å². The van der Waals surface area contributed by atoms with Gasteiger partial charge < -0.3 is 24.6 Å². The van der Waals surface area contributed by atoms with Crippen LogP contribution in [0.3, 0.4) is 0 Å². The number of nitrogens with one attached hydrogen (secondary N) is 3. The number of rotatable bonds is 3. The normalized spacial score (nSPS) is 23.9. The second kappa shape index (κ2) is 5.91. The highest BCUT2D eigenvalue weighted by molar-refractivity contribution is 5.92. The molecule has 1 saturated heterocycles. The first-order chi connectivity index (χ1) is 10.1. The molecule has 0 radical (unpaired) electrons. The number of ether oxygens (including phenoxy) is 2. The average molecular weight is 293 g/mol. The molecule has 0 aromatic heterocycles. The van der Waals surface area contributed by atoms with Crippen molar-refractivity contribution in [2.75, 3.05) is 51.9 Å². The number of hydrogen-bond donors (Lipinski definition) is 3. The highest BCUT2D eigenvalue weighted by atomic mass is 16.7. The largest absolute Gasteiger partial charge is 0.454 e. The van der Waals surface area contributed by atoms with E-state index < -0.39 is 0 Å². The number of benzene rings is 1. The van der Waals surface area contributed by atoms with Crippen molar-refractivity contribution in [3.8, 4) is 11.5 Å². The van der Waals surface area contributed by atoms with Crippen molar-refractivity contribution in [2.45, 2.75) is 6.92 Å². The van der Waals surface area contributed by atoms with Gasteiger partial charge in [0, 0.05) is 11.8 Å². The molecule has 3 N–H and O–H groups in total. The third-order valence-electron chi connectivity index (χ3n) is 4.21. The quantitative estimate of drug-likeness (QED) is 0.609. The van der Waals surface area contributed by atoms with Crippen LogP contribution in [-0.2, 0) is 4.79 Å². The third-order valence-corrected chi connectivity index (χ3v) is 4.21. The number of anilines is 1. The van der Waals surface area contributed by atoms with Gasteiger partial charge in [0.2, 0.25) is 6.79 Å². The molecule has 1 amide bonds. The van der Waals surface area contributed by atoms with Crippen LogP contribution in [0, 0.1) is 6.92 Å². The first kappa shape index (κ1) is 14.2. The molecule has 0 saturated carbocycles. The van der Waals surface area contributed by atoms with Crippen LogP contribution in [0.15, 0.2) is 12.1 Å². The van der Waals surface area contributed by atoms with E-state index in [0.29, 0.717) is 12.3 Å².